The Morgan fingerprint density at radius 3 is 2.76 bits per heavy atom. The van der Waals surface area contributed by atoms with E-state index in [0.717, 1.165) is 28.8 Å². The van der Waals surface area contributed by atoms with Gasteiger partial charge >= 0.3 is 0 Å². The van der Waals surface area contributed by atoms with Crippen molar-refractivity contribution in [1.82, 2.24) is 15.1 Å². The number of hydrogen-bond acceptors (Lipinski definition) is 6. The summed E-state index contributed by atoms with van der Waals surface area (Å²) in [6, 6.07) is 15.8. The number of carbonyl (C=O) groups is 2. The molecule has 0 bridgehead atoms. The Morgan fingerprint density at radius 1 is 1.18 bits per heavy atom. The Kier molecular flexibility index (Phi) is 6.19. The van der Waals surface area contributed by atoms with Crippen LogP contribution in [0.25, 0.3) is 11.3 Å². The van der Waals surface area contributed by atoms with Crippen LogP contribution in [0.15, 0.2) is 48.5 Å². The highest BCUT2D eigenvalue weighted by Crippen LogP contribution is 2.49. The lowest BCUT2D eigenvalue weighted by atomic mass is 9.99. The molecule has 0 saturated carbocycles. The average molecular weight is 479 g/mol. The van der Waals surface area contributed by atoms with Crippen LogP contribution in [-0.2, 0) is 16.6 Å². The van der Waals surface area contributed by atoms with Crippen LogP contribution in [0, 0.1) is 0 Å². The maximum atomic E-state index is 13.3. The zero-order valence-electron chi connectivity index (χ0n) is 19.1. The molecule has 1 atom stereocenters. The van der Waals surface area contributed by atoms with E-state index < -0.39 is 0 Å². The number of nitrogens with zero attached hydrogens (tertiary/aromatic N) is 3. The van der Waals surface area contributed by atoms with Gasteiger partial charge in [-0.25, -0.2) is 0 Å². The average Bonchev–Trinajstić information content (AvgIpc) is 3.42. The Balaban J connectivity index is 1.65. The zero-order valence-corrected chi connectivity index (χ0v) is 19.9. The van der Waals surface area contributed by atoms with E-state index in [2.05, 4.69) is 5.32 Å². The lowest BCUT2D eigenvalue weighted by Crippen LogP contribution is -2.42. The standard InChI is InChI=1S/C25H26N4O4S/c1-3-11-26-20(30)13-29-21(31)14-34-24(17-9-10-18-19(12-17)33-15-32-18)22-23(27-28(2)25(22)29)16-7-5-4-6-8-16/h4-10,12,24H,3,11,13-15H2,1-2H3,(H,26,30). The third kappa shape index (κ3) is 4.11. The van der Waals surface area contributed by atoms with Gasteiger partial charge in [0.15, 0.2) is 11.5 Å². The molecule has 2 aromatic carbocycles. The summed E-state index contributed by atoms with van der Waals surface area (Å²) < 4.78 is 12.8. The molecule has 3 aromatic rings. The number of carbonyl (C=O) groups excluding carboxylic acids is 2. The van der Waals surface area contributed by atoms with Crippen molar-refractivity contribution < 1.29 is 19.1 Å². The third-order valence-electron chi connectivity index (χ3n) is 5.87. The second-order valence-electron chi connectivity index (χ2n) is 8.21. The number of thioether (sulfide) groups is 1. The van der Waals surface area contributed by atoms with Gasteiger partial charge in [-0.05, 0) is 24.1 Å². The first-order valence-electron chi connectivity index (χ1n) is 11.3. The van der Waals surface area contributed by atoms with Crippen LogP contribution in [0.4, 0.5) is 5.82 Å². The number of rotatable bonds is 6. The molecule has 2 aliphatic rings. The number of amides is 2. The van der Waals surface area contributed by atoms with Crippen molar-refractivity contribution in [3.63, 3.8) is 0 Å². The van der Waals surface area contributed by atoms with Crippen molar-refractivity contribution in [3.8, 4) is 22.8 Å². The molecule has 3 heterocycles. The summed E-state index contributed by atoms with van der Waals surface area (Å²) in [5, 5.41) is 7.53. The quantitative estimate of drug-likeness (QED) is 0.584. The molecule has 0 spiro atoms. The summed E-state index contributed by atoms with van der Waals surface area (Å²) in [7, 11) is 1.82. The minimum Gasteiger partial charge on any atom is -0.454 e. The molecule has 176 valence electrons. The van der Waals surface area contributed by atoms with Gasteiger partial charge in [0, 0.05) is 24.7 Å². The van der Waals surface area contributed by atoms with Crippen molar-refractivity contribution in [1.29, 1.82) is 0 Å². The fourth-order valence-electron chi connectivity index (χ4n) is 4.30. The number of ether oxygens (including phenoxy) is 2. The number of aryl methyl sites for hydroxylation is 1. The summed E-state index contributed by atoms with van der Waals surface area (Å²) in [5.74, 6) is 1.98. The van der Waals surface area contributed by atoms with Gasteiger partial charge in [-0.3, -0.25) is 19.2 Å². The van der Waals surface area contributed by atoms with E-state index in [1.165, 1.54) is 11.8 Å². The summed E-state index contributed by atoms with van der Waals surface area (Å²) in [6.07, 6.45) is 0.830. The Bertz CT molecular complexity index is 1230. The summed E-state index contributed by atoms with van der Waals surface area (Å²) in [5.41, 5.74) is 3.65. The number of nitrogens with one attached hydrogen (secondary N) is 1. The van der Waals surface area contributed by atoms with Gasteiger partial charge in [-0.2, -0.15) is 5.10 Å². The van der Waals surface area contributed by atoms with Crippen LogP contribution in [0.5, 0.6) is 11.5 Å². The predicted octanol–water partition coefficient (Wildman–Crippen LogP) is 3.51. The van der Waals surface area contributed by atoms with Gasteiger partial charge in [-0.15, -0.1) is 11.8 Å². The molecule has 2 amide bonds. The van der Waals surface area contributed by atoms with Gasteiger partial charge in [0.25, 0.3) is 0 Å². The van der Waals surface area contributed by atoms with Crippen molar-refractivity contribution in [2.75, 3.05) is 30.5 Å². The second kappa shape index (κ2) is 9.42. The minimum atomic E-state index is -0.185. The molecular weight excluding hydrogens is 452 g/mol. The largest absolute Gasteiger partial charge is 0.454 e. The predicted molar refractivity (Wildman–Crippen MR) is 131 cm³/mol. The molecule has 1 unspecified atom stereocenters. The normalized spacial score (nSPS) is 16.8. The van der Waals surface area contributed by atoms with Crippen LogP contribution in [0.1, 0.15) is 29.7 Å². The van der Waals surface area contributed by atoms with Crippen LogP contribution in [0.2, 0.25) is 0 Å². The summed E-state index contributed by atoms with van der Waals surface area (Å²) >= 11 is 1.53. The molecule has 9 heteroatoms. The molecule has 1 aromatic heterocycles. The Morgan fingerprint density at radius 2 is 1.97 bits per heavy atom. The van der Waals surface area contributed by atoms with Gasteiger partial charge in [0.05, 0.1) is 16.7 Å². The van der Waals surface area contributed by atoms with Crippen molar-refractivity contribution in [2.24, 2.45) is 7.05 Å². The second-order valence-corrected chi connectivity index (χ2v) is 9.30. The molecule has 0 saturated heterocycles. The third-order valence-corrected chi connectivity index (χ3v) is 7.12. The van der Waals surface area contributed by atoms with Crippen molar-refractivity contribution in [3.05, 3.63) is 59.7 Å². The van der Waals surface area contributed by atoms with Gasteiger partial charge in [0.2, 0.25) is 18.6 Å². The molecule has 0 aliphatic carbocycles. The van der Waals surface area contributed by atoms with E-state index in [4.69, 9.17) is 14.6 Å². The molecule has 0 fully saturated rings. The molecule has 1 N–H and O–H groups in total. The highest BCUT2D eigenvalue weighted by Gasteiger charge is 2.37. The Labute approximate surface area is 202 Å². The van der Waals surface area contributed by atoms with Gasteiger partial charge in [0.1, 0.15) is 12.4 Å². The lowest BCUT2D eigenvalue weighted by Gasteiger charge is -2.22. The van der Waals surface area contributed by atoms with Crippen LogP contribution in [0.3, 0.4) is 0 Å². The number of anilines is 1. The van der Waals surface area contributed by atoms with Crippen LogP contribution >= 0.6 is 11.8 Å². The van der Waals surface area contributed by atoms with E-state index in [0.29, 0.717) is 23.9 Å². The Hall–Kier alpha value is -3.46. The highest BCUT2D eigenvalue weighted by atomic mass is 32.2. The number of benzene rings is 2. The number of aromatic nitrogens is 2. The maximum absolute atomic E-state index is 13.3. The molecular formula is C25H26N4O4S. The first-order chi connectivity index (χ1) is 16.6. The lowest BCUT2D eigenvalue weighted by molar-refractivity contribution is -0.122. The smallest absolute Gasteiger partial charge is 0.240 e. The fourth-order valence-corrected chi connectivity index (χ4v) is 5.49. The highest BCUT2D eigenvalue weighted by molar-refractivity contribution is 8.00. The zero-order chi connectivity index (χ0) is 23.7. The minimum absolute atomic E-state index is 0.0476. The fraction of sp³-hybridized carbons (Fsp3) is 0.320. The van der Waals surface area contributed by atoms with E-state index in [9.17, 15) is 9.59 Å². The van der Waals surface area contributed by atoms with E-state index in [-0.39, 0.29) is 36.2 Å². The van der Waals surface area contributed by atoms with Crippen molar-refractivity contribution in [2.45, 2.75) is 18.6 Å². The van der Waals surface area contributed by atoms with Crippen LogP contribution < -0.4 is 19.7 Å². The van der Waals surface area contributed by atoms with E-state index in [1.807, 2.05) is 62.5 Å². The first-order valence-corrected chi connectivity index (χ1v) is 12.3. The number of fused-ring (bicyclic) bond motifs is 2. The van der Waals surface area contributed by atoms with E-state index in [1.54, 1.807) is 9.58 Å². The number of hydrogen-bond donors (Lipinski definition) is 1. The SMILES string of the molecule is CCCNC(=O)CN1C(=O)CSC(c2ccc3c(c2)OCO3)c2c(-c3ccccc3)nn(C)c21. The van der Waals surface area contributed by atoms with E-state index >= 15 is 0 Å². The maximum Gasteiger partial charge on any atom is 0.240 e. The molecule has 8 nitrogen and oxygen atoms in total. The monoisotopic (exact) mass is 478 g/mol. The van der Waals surface area contributed by atoms with Crippen LogP contribution in [-0.4, -0.2) is 47.2 Å². The van der Waals surface area contributed by atoms with Crippen molar-refractivity contribution >= 4 is 29.4 Å². The topological polar surface area (TPSA) is 85.7 Å². The molecule has 0 radical (unpaired) electrons. The summed E-state index contributed by atoms with van der Waals surface area (Å²) in [4.78, 5) is 27.5. The summed E-state index contributed by atoms with van der Waals surface area (Å²) in [6.45, 7) is 2.72. The molecule has 34 heavy (non-hydrogen) atoms. The molecule has 5 rings (SSSR count). The van der Waals surface area contributed by atoms with Gasteiger partial charge < -0.3 is 14.8 Å². The molecule has 2 aliphatic heterocycles. The first kappa shape index (κ1) is 22.3. The van der Waals surface area contributed by atoms with Gasteiger partial charge in [-0.1, -0.05) is 43.3 Å².